The van der Waals surface area contributed by atoms with E-state index in [1.807, 2.05) is 48.5 Å². The van der Waals surface area contributed by atoms with Gasteiger partial charge < -0.3 is 15.0 Å². The number of nitrogens with zero attached hydrogens (tertiary/aromatic N) is 4. The fourth-order valence-electron chi connectivity index (χ4n) is 3.83. The van der Waals surface area contributed by atoms with Gasteiger partial charge >= 0.3 is 0 Å². The van der Waals surface area contributed by atoms with Crippen LogP contribution in [0.3, 0.4) is 0 Å². The smallest absolute Gasteiger partial charge is 0.262 e. The summed E-state index contributed by atoms with van der Waals surface area (Å²) in [5.74, 6) is -0.0977. The van der Waals surface area contributed by atoms with Crippen LogP contribution in [0.4, 0.5) is 5.69 Å². The fourth-order valence-corrected chi connectivity index (χ4v) is 3.83. The van der Waals surface area contributed by atoms with E-state index in [0.29, 0.717) is 22.7 Å². The largest absolute Gasteiger partial charge is 0.477 e. The molecule has 8 heteroatoms. The van der Waals surface area contributed by atoms with Crippen molar-refractivity contribution in [3.05, 3.63) is 90.9 Å². The lowest BCUT2D eigenvalue weighted by atomic mass is 10.1. The SMILES string of the molecule is CNC(=O)[C@@H]1CN(C(=O)c2cn(-c3ccccc3)nc2-c2cccnc2)c2ccccc2O1. The normalized spacial score (nSPS) is 14.8. The van der Waals surface area contributed by atoms with Crippen molar-refractivity contribution in [3.8, 4) is 22.7 Å². The zero-order valence-electron chi connectivity index (χ0n) is 17.9. The molecule has 1 atom stereocenters. The molecule has 0 saturated carbocycles. The lowest BCUT2D eigenvalue weighted by molar-refractivity contribution is -0.127. The monoisotopic (exact) mass is 439 g/mol. The predicted molar refractivity (Wildman–Crippen MR) is 123 cm³/mol. The van der Waals surface area contributed by atoms with E-state index in [4.69, 9.17) is 9.84 Å². The Bertz CT molecular complexity index is 1300. The molecule has 0 saturated heterocycles. The van der Waals surface area contributed by atoms with Gasteiger partial charge in [-0.15, -0.1) is 0 Å². The number of benzene rings is 2. The van der Waals surface area contributed by atoms with Crippen LogP contribution < -0.4 is 15.0 Å². The fraction of sp³-hybridized carbons (Fsp3) is 0.120. The summed E-state index contributed by atoms with van der Waals surface area (Å²) in [6.45, 7) is 0.0819. The van der Waals surface area contributed by atoms with Gasteiger partial charge in [-0.25, -0.2) is 4.68 Å². The second-order valence-electron chi connectivity index (χ2n) is 7.52. The van der Waals surface area contributed by atoms with Gasteiger partial charge in [0.25, 0.3) is 11.8 Å². The van der Waals surface area contributed by atoms with Crippen molar-refractivity contribution in [2.45, 2.75) is 6.10 Å². The van der Waals surface area contributed by atoms with Crippen LogP contribution in [0.2, 0.25) is 0 Å². The molecule has 1 N–H and O–H groups in total. The second kappa shape index (κ2) is 8.58. The van der Waals surface area contributed by atoms with Crippen LogP contribution in [0.15, 0.2) is 85.3 Å². The number of hydrogen-bond acceptors (Lipinski definition) is 5. The van der Waals surface area contributed by atoms with Crippen LogP contribution in [0.25, 0.3) is 16.9 Å². The third-order valence-electron chi connectivity index (χ3n) is 5.46. The number of pyridine rings is 1. The first-order chi connectivity index (χ1) is 16.2. The van der Waals surface area contributed by atoms with Crippen LogP contribution in [0.1, 0.15) is 10.4 Å². The average Bonchev–Trinajstić information content (AvgIpc) is 3.34. The van der Waals surface area contributed by atoms with Gasteiger partial charge in [0.05, 0.1) is 23.5 Å². The van der Waals surface area contributed by atoms with Gasteiger partial charge in [-0.05, 0) is 36.4 Å². The van der Waals surface area contributed by atoms with Gasteiger partial charge in [0.1, 0.15) is 11.4 Å². The number of aromatic nitrogens is 3. The Hall–Kier alpha value is -4.46. The van der Waals surface area contributed by atoms with Crippen molar-refractivity contribution in [2.24, 2.45) is 0 Å². The Balaban J connectivity index is 1.62. The van der Waals surface area contributed by atoms with Gasteiger partial charge in [0.15, 0.2) is 6.10 Å². The van der Waals surface area contributed by atoms with E-state index >= 15 is 0 Å². The number of nitrogens with one attached hydrogen (secondary N) is 1. The molecule has 0 aliphatic carbocycles. The van der Waals surface area contributed by atoms with E-state index in [-0.39, 0.29) is 18.4 Å². The molecule has 1 aliphatic rings. The lowest BCUT2D eigenvalue weighted by Crippen LogP contribution is -2.50. The van der Waals surface area contributed by atoms with Crippen LogP contribution in [-0.4, -0.2) is 46.3 Å². The highest BCUT2D eigenvalue weighted by molar-refractivity contribution is 6.11. The van der Waals surface area contributed by atoms with Crippen molar-refractivity contribution >= 4 is 17.5 Å². The first-order valence-electron chi connectivity index (χ1n) is 10.5. The minimum Gasteiger partial charge on any atom is -0.477 e. The van der Waals surface area contributed by atoms with E-state index in [9.17, 15) is 9.59 Å². The summed E-state index contributed by atoms with van der Waals surface area (Å²) in [6.07, 6.45) is 4.24. The molecule has 0 bridgehead atoms. The predicted octanol–water partition coefficient (Wildman–Crippen LogP) is 3.09. The van der Waals surface area contributed by atoms with Crippen molar-refractivity contribution < 1.29 is 14.3 Å². The maximum Gasteiger partial charge on any atom is 0.262 e. The molecule has 8 nitrogen and oxygen atoms in total. The van der Waals surface area contributed by atoms with Crippen LogP contribution >= 0.6 is 0 Å². The summed E-state index contributed by atoms with van der Waals surface area (Å²) in [4.78, 5) is 32.0. The Morgan fingerprint density at radius 1 is 1.03 bits per heavy atom. The number of hydrogen-bond donors (Lipinski definition) is 1. The molecule has 4 aromatic rings. The van der Waals surface area contributed by atoms with Gasteiger partial charge in [0, 0.05) is 31.2 Å². The van der Waals surface area contributed by atoms with Gasteiger partial charge in [-0.3, -0.25) is 14.6 Å². The zero-order valence-corrected chi connectivity index (χ0v) is 17.9. The molecule has 1 aliphatic heterocycles. The standard InChI is InChI=1S/C25H21N5O3/c1-26-24(31)22-16-29(20-11-5-6-12-21(20)33-22)25(32)19-15-30(18-9-3-2-4-10-18)28-23(19)17-8-7-13-27-14-17/h2-15,22H,16H2,1H3,(H,26,31)/t22-/m0/s1. The topological polar surface area (TPSA) is 89.4 Å². The maximum atomic E-state index is 13.9. The van der Waals surface area contributed by atoms with Gasteiger partial charge in [-0.1, -0.05) is 30.3 Å². The molecule has 33 heavy (non-hydrogen) atoms. The van der Waals surface area contributed by atoms with Gasteiger partial charge in [-0.2, -0.15) is 5.10 Å². The number of rotatable bonds is 4. The van der Waals surface area contributed by atoms with E-state index in [0.717, 1.165) is 11.3 Å². The minimum absolute atomic E-state index is 0.0819. The third-order valence-corrected chi connectivity index (χ3v) is 5.46. The number of fused-ring (bicyclic) bond motifs is 1. The summed E-state index contributed by atoms with van der Waals surface area (Å²) >= 11 is 0. The molecule has 3 heterocycles. The molecular formula is C25H21N5O3. The molecular weight excluding hydrogens is 418 g/mol. The first-order valence-corrected chi connectivity index (χ1v) is 10.5. The molecule has 2 aromatic carbocycles. The highest BCUT2D eigenvalue weighted by Crippen LogP contribution is 2.35. The van der Waals surface area contributed by atoms with E-state index in [1.165, 1.54) is 0 Å². The second-order valence-corrected chi connectivity index (χ2v) is 7.52. The van der Waals surface area contributed by atoms with E-state index in [1.54, 1.807) is 53.4 Å². The summed E-state index contributed by atoms with van der Waals surface area (Å²) in [7, 11) is 1.54. The third kappa shape index (κ3) is 3.82. The van der Waals surface area contributed by atoms with Crippen LogP contribution in [0, 0.1) is 0 Å². The summed E-state index contributed by atoms with van der Waals surface area (Å²) in [5.41, 5.74) is 3.07. The summed E-state index contributed by atoms with van der Waals surface area (Å²) in [5, 5.41) is 7.31. The Labute approximate surface area is 190 Å². The van der Waals surface area contributed by atoms with Crippen molar-refractivity contribution in [2.75, 3.05) is 18.5 Å². The number of anilines is 1. The van der Waals surface area contributed by atoms with Crippen molar-refractivity contribution in [3.63, 3.8) is 0 Å². The number of likely N-dealkylation sites (N-methyl/N-ethyl adjacent to an activating group) is 1. The lowest BCUT2D eigenvalue weighted by Gasteiger charge is -2.34. The Morgan fingerprint density at radius 3 is 2.58 bits per heavy atom. The quantitative estimate of drug-likeness (QED) is 0.528. The molecule has 0 unspecified atom stereocenters. The first kappa shape index (κ1) is 20.4. The highest BCUT2D eigenvalue weighted by atomic mass is 16.5. The summed E-state index contributed by atoms with van der Waals surface area (Å²) in [6, 6.07) is 20.4. The number of amides is 2. The maximum absolute atomic E-state index is 13.9. The molecule has 0 spiro atoms. The van der Waals surface area contributed by atoms with Gasteiger partial charge in [0.2, 0.25) is 0 Å². The highest BCUT2D eigenvalue weighted by Gasteiger charge is 2.35. The average molecular weight is 439 g/mol. The number of para-hydroxylation sites is 3. The number of carbonyl (C=O) groups is 2. The van der Waals surface area contributed by atoms with Crippen LogP contribution in [-0.2, 0) is 4.79 Å². The molecule has 2 aromatic heterocycles. The molecule has 2 amide bonds. The molecule has 5 rings (SSSR count). The van der Waals surface area contributed by atoms with Crippen molar-refractivity contribution in [1.29, 1.82) is 0 Å². The molecule has 0 fully saturated rings. The number of carbonyl (C=O) groups excluding carboxylic acids is 2. The van der Waals surface area contributed by atoms with E-state index in [2.05, 4.69) is 10.3 Å². The van der Waals surface area contributed by atoms with Crippen molar-refractivity contribution in [1.82, 2.24) is 20.1 Å². The Morgan fingerprint density at radius 2 is 1.82 bits per heavy atom. The Kier molecular flexibility index (Phi) is 5.32. The van der Waals surface area contributed by atoms with E-state index < -0.39 is 6.10 Å². The zero-order chi connectivity index (χ0) is 22.8. The van der Waals surface area contributed by atoms with Crippen LogP contribution in [0.5, 0.6) is 5.75 Å². The minimum atomic E-state index is -0.820. The summed E-state index contributed by atoms with van der Waals surface area (Å²) < 4.78 is 7.53. The number of ether oxygens (including phenoxy) is 1. The molecule has 0 radical (unpaired) electrons. The molecule has 164 valence electrons.